The molecule has 0 aliphatic carbocycles. The number of benzene rings is 1. The van der Waals surface area contributed by atoms with Crippen LogP contribution in [0.25, 0.3) is 0 Å². The predicted molar refractivity (Wildman–Crippen MR) is 88.4 cm³/mol. The summed E-state index contributed by atoms with van der Waals surface area (Å²) in [5.74, 6) is 0. The fourth-order valence-electron chi connectivity index (χ4n) is 2.32. The average Bonchev–Trinajstić information content (AvgIpc) is 2.46. The molecule has 3 nitrogen and oxygen atoms in total. The smallest absolute Gasteiger partial charge is 0.0406 e. The van der Waals surface area contributed by atoms with E-state index in [2.05, 4.69) is 43.1 Å². The molecule has 0 amide bonds. The van der Waals surface area contributed by atoms with Gasteiger partial charge in [-0.15, -0.1) is 0 Å². The van der Waals surface area contributed by atoms with E-state index >= 15 is 0 Å². The molecule has 1 atom stereocenters. The molecular formula is C16H28ClN3. The Morgan fingerprint density at radius 2 is 1.80 bits per heavy atom. The lowest BCUT2D eigenvalue weighted by atomic mass is 9.93. The molecule has 0 bridgehead atoms. The van der Waals surface area contributed by atoms with E-state index in [-0.39, 0.29) is 5.54 Å². The van der Waals surface area contributed by atoms with Gasteiger partial charge in [-0.3, -0.25) is 0 Å². The zero-order valence-corrected chi connectivity index (χ0v) is 13.7. The third kappa shape index (κ3) is 5.80. The summed E-state index contributed by atoms with van der Waals surface area (Å²) < 4.78 is 0. The molecule has 1 rings (SSSR count). The molecule has 0 saturated heterocycles. The largest absolute Gasteiger partial charge is 0.329 e. The van der Waals surface area contributed by atoms with Gasteiger partial charge in [0.15, 0.2) is 0 Å². The zero-order chi connectivity index (χ0) is 15.0. The van der Waals surface area contributed by atoms with Crippen molar-refractivity contribution in [1.29, 1.82) is 0 Å². The number of nitrogens with two attached hydrogens (primary N) is 1. The highest BCUT2D eigenvalue weighted by atomic mass is 35.5. The Morgan fingerprint density at radius 3 is 2.30 bits per heavy atom. The Kier molecular flexibility index (Phi) is 7.52. The molecule has 0 spiro atoms. The van der Waals surface area contributed by atoms with E-state index in [0.717, 1.165) is 37.6 Å². The normalized spacial score (nSPS) is 14.5. The Labute approximate surface area is 128 Å². The SMILES string of the molecule is CCN(CC)CCNC(C)(CN)Cc1ccc(Cl)cc1. The Hall–Kier alpha value is -0.610. The quantitative estimate of drug-likeness (QED) is 0.736. The van der Waals surface area contributed by atoms with E-state index in [1.807, 2.05) is 12.1 Å². The summed E-state index contributed by atoms with van der Waals surface area (Å²) in [5.41, 5.74) is 7.16. The first-order chi connectivity index (χ1) is 9.53. The molecule has 0 radical (unpaired) electrons. The van der Waals surface area contributed by atoms with Gasteiger partial charge in [0.05, 0.1) is 0 Å². The van der Waals surface area contributed by atoms with E-state index in [0.29, 0.717) is 6.54 Å². The summed E-state index contributed by atoms with van der Waals surface area (Å²) in [4.78, 5) is 2.41. The summed E-state index contributed by atoms with van der Waals surface area (Å²) in [6.45, 7) is 11.4. The minimum atomic E-state index is -0.0685. The van der Waals surface area contributed by atoms with E-state index in [9.17, 15) is 0 Å². The molecule has 0 heterocycles. The van der Waals surface area contributed by atoms with Crippen LogP contribution in [0.2, 0.25) is 5.02 Å². The second kappa shape index (κ2) is 8.63. The Bertz CT molecular complexity index is 376. The second-order valence-corrected chi connectivity index (χ2v) is 5.96. The van der Waals surface area contributed by atoms with Crippen LogP contribution in [0, 0.1) is 0 Å². The Balaban J connectivity index is 2.51. The molecule has 0 aliphatic heterocycles. The minimum Gasteiger partial charge on any atom is -0.329 e. The van der Waals surface area contributed by atoms with Crippen molar-refractivity contribution in [1.82, 2.24) is 10.2 Å². The number of nitrogens with zero attached hydrogens (tertiary/aromatic N) is 1. The molecule has 3 N–H and O–H groups in total. The first-order valence-corrected chi connectivity index (χ1v) is 7.82. The summed E-state index contributed by atoms with van der Waals surface area (Å²) in [6.07, 6.45) is 0.916. The summed E-state index contributed by atoms with van der Waals surface area (Å²) in [7, 11) is 0. The van der Waals surface area contributed by atoms with Crippen LogP contribution in [0.5, 0.6) is 0 Å². The van der Waals surface area contributed by atoms with Crippen LogP contribution in [0.4, 0.5) is 0 Å². The van der Waals surface area contributed by atoms with E-state index in [1.165, 1.54) is 5.56 Å². The van der Waals surface area contributed by atoms with Crippen LogP contribution in [-0.4, -0.2) is 43.2 Å². The highest BCUT2D eigenvalue weighted by molar-refractivity contribution is 6.30. The highest BCUT2D eigenvalue weighted by Gasteiger charge is 2.22. The highest BCUT2D eigenvalue weighted by Crippen LogP contribution is 2.15. The van der Waals surface area contributed by atoms with Crippen molar-refractivity contribution in [3.8, 4) is 0 Å². The van der Waals surface area contributed by atoms with Crippen molar-refractivity contribution in [2.75, 3.05) is 32.7 Å². The lowest BCUT2D eigenvalue weighted by molar-refractivity contribution is 0.275. The average molecular weight is 298 g/mol. The molecule has 114 valence electrons. The van der Waals surface area contributed by atoms with Crippen LogP contribution in [0.15, 0.2) is 24.3 Å². The van der Waals surface area contributed by atoms with E-state index in [1.54, 1.807) is 0 Å². The van der Waals surface area contributed by atoms with Gasteiger partial charge in [0.1, 0.15) is 0 Å². The van der Waals surface area contributed by atoms with Gasteiger partial charge >= 0.3 is 0 Å². The van der Waals surface area contributed by atoms with Crippen LogP contribution >= 0.6 is 11.6 Å². The second-order valence-electron chi connectivity index (χ2n) is 5.52. The number of rotatable bonds is 9. The monoisotopic (exact) mass is 297 g/mol. The number of hydrogen-bond acceptors (Lipinski definition) is 3. The van der Waals surface area contributed by atoms with Crippen LogP contribution in [0.3, 0.4) is 0 Å². The van der Waals surface area contributed by atoms with Gasteiger partial charge in [0, 0.05) is 30.2 Å². The van der Waals surface area contributed by atoms with Gasteiger partial charge < -0.3 is 16.0 Å². The maximum Gasteiger partial charge on any atom is 0.0406 e. The molecule has 1 aromatic rings. The van der Waals surface area contributed by atoms with Crippen LogP contribution < -0.4 is 11.1 Å². The van der Waals surface area contributed by atoms with Crippen molar-refractivity contribution in [2.24, 2.45) is 5.73 Å². The summed E-state index contributed by atoms with van der Waals surface area (Å²) in [6, 6.07) is 8.01. The van der Waals surface area contributed by atoms with Gasteiger partial charge in [-0.05, 0) is 44.1 Å². The van der Waals surface area contributed by atoms with Crippen molar-refractivity contribution in [3.05, 3.63) is 34.9 Å². The maximum absolute atomic E-state index is 5.96. The molecule has 0 saturated carbocycles. The first-order valence-electron chi connectivity index (χ1n) is 7.45. The lowest BCUT2D eigenvalue weighted by Crippen LogP contribution is -2.52. The summed E-state index contributed by atoms with van der Waals surface area (Å²) >= 11 is 5.92. The third-order valence-corrected chi connectivity index (χ3v) is 4.08. The molecule has 1 aromatic carbocycles. The third-order valence-electron chi connectivity index (χ3n) is 3.83. The first kappa shape index (κ1) is 17.4. The Morgan fingerprint density at radius 1 is 1.20 bits per heavy atom. The number of likely N-dealkylation sites (N-methyl/N-ethyl adjacent to an activating group) is 1. The number of halogens is 1. The van der Waals surface area contributed by atoms with Gasteiger partial charge in [-0.1, -0.05) is 37.6 Å². The van der Waals surface area contributed by atoms with Gasteiger partial charge in [0.25, 0.3) is 0 Å². The van der Waals surface area contributed by atoms with Gasteiger partial charge in [-0.2, -0.15) is 0 Å². The van der Waals surface area contributed by atoms with Gasteiger partial charge in [0.2, 0.25) is 0 Å². The van der Waals surface area contributed by atoms with Crippen molar-refractivity contribution >= 4 is 11.6 Å². The number of nitrogens with one attached hydrogen (secondary N) is 1. The fourth-order valence-corrected chi connectivity index (χ4v) is 2.44. The molecule has 4 heteroatoms. The molecule has 20 heavy (non-hydrogen) atoms. The number of hydrogen-bond donors (Lipinski definition) is 2. The summed E-state index contributed by atoms with van der Waals surface area (Å²) in [5, 5.41) is 4.38. The van der Waals surface area contributed by atoms with Crippen LogP contribution in [0.1, 0.15) is 26.3 Å². The molecule has 0 fully saturated rings. The predicted octanol–water partition coefficient (Wildman–Crippen LogP) is 2.53. The molecular weight excluding hydrogens is 270 g/mol. The zero-order valence-electron chi connectivity index (χ0n) is 13.0. The van der Waals surface area contributed by atoms with Crippen molar-refractivity contribution in [3.63, 3.8) is 0 Å². The lowest BCUT2D eigenvalue weighted by Gasteiger charge is -2.31. The van der Waals surface area contributed by atoms with Crippen molar-refractivity contribution in [2.45, 2.75) is 32.7 Å². The fraction of sp³-hybridized carbons (Fsp3) is 0.625. The van der Waals surface area contributed by atoms with Crippen LogP contribution in [-0.2, 0) is 6.42 Å². The maximum atomic E-state index is 5.96. The molecule has 0 aliphatic rings. The molecule has 1 unspecified atom stereocenters. The standard InChI is InChI=1S/C16H28ClN3/c1-4-20(5-2)11-10-19-16(3,13-18)12-14-6-8-15(17)9-7-14/h6-9,19H,4-5,10-13,18H2,1-3H3. The minimum absolute atomic E-state index is 0.0685. The topological polar surface area (TPSA) is 41.3 Å². The van der Waals surface area contributed by atoms with Gasteiger partial charge in [-0.25, -0.2) is 0 Å². The van der Waals surface area contributed by atoms with E-state index < -0.39 is 0 Å². The van der Waals surface area contributed by atoms with E-state index in [4.69, 9.17) is 17.3 Å². The van der Waals surface area contributed by atoms with Crippen molar-refractivity contribution < 1.29 is 0 Å². The molecule has 0 aromatic heterocycles.